The van der Waals surface area contributed by atoms with Crippen LogP contribution in [0.5, 0.6) is 0 Å². The first kappa shape index (κ1) is 12.0. The molecule has 1 fully saturated rings. The van der Waals surface area contributed by atoms with Crippen LogP contribution in [0, 0.1) is 11.8 Å². The number of alkyl halides is 2. The highest BCUT2D eigenvalue weighted by Crippen LogP contribution is 2.37. The van der Waals surface area contributed by atoms with Crippen LogP contribution in [0.3, 0.4) is 0 Å². The summed E-state index contributed by atoms with van der Waals surface area (Å²) in [5.41, 5.74) is 0. The van der Waals surface area contributed by atoms with Crippen LogP contribution in [0.4, 0.5) is 0 Å². The van der Waals surface area contributed by atoms with Crippen molar-refractivity contribution >= 4 is 43.8 Å². The van der Waals surface area contributed by atoms with E-state index in [4.69, 9.17) is 10.2 Å². The molecule has 0 saturated heterocycles. The minimum Gasteiger partial charge on any atom is -0.481 e. The van der Waals surface area contributed by atoms with Crippen LogP contribution in [0.15, 0.2) is 0 Å². The Morgan fingerprint density at radius 3 is 1.43 bits per heavy atom. The van der Waals surface area contributed by atoms with E-state index in [0.717, 1.165) is 0 Å². The van der Waals surface area contributed by atoms with Crippen LogP contribution in [0.1, 0.15) is 12.8 Å². The van der Waals surface area contributed by atoms with Crippen LogP contribution >= 0.6 is 31.9 Å². The van der Waals surface area contributed by atoms with E-state index < -0.39 is 23.8 Å². The molecule has 1 rings (SSSR count). The Hall–Kier alpha value is -0.100. The molecule has 4 unspecified atom stereocenters. The summed E-state index contributed by atoms with van der Waals surface area (Å²) >= 11 is 6.67. The van der Waals surface area contributed by atoms with Crippen molar-refractivity contribution in [2.75, 3.05) is 0 Å². The van der Waals surface area contributed by atoms with Crippen molar-refractivity contribution < 1.29 is 19.8 Å². The zero-order valence-electron chi connectivity index (χ0n) is 7.19. The molecule has 1 aliphatic carbocycles. The van der Waals surface area contributed by atoms with Gasteiger partial charge in [-0.05, 0) is 12.8 Å². The van der Waals surface area contributed by atoms with Gasteiger partial charge in [-0.2, -0.15) is 0 Å². The van der Waals surface area contributed by atoms with Crippen molar-refractivity contribution in [3.63, 3.8) is 0 Å². The summed E-state index contributed by atoms with van der Waals surface area (Å²) < 4.78 is 0. The van der Waals surface area contributed by atoms with Gasteiger partial charge in [-0.15, -0.1) is 0 Å². The van der Waals surface area contributed by atoms with Gasteiger partial charge in [-0.3, -0.25) is 9.59 Å². The molecular formula is C8H10Br2O4. The van der Waals surface area contributed by atoms with Crippen molar-refractivity contribution in [1.82, 2.24) is 0 Å². The summed E-state index contributed by atoms with van der Waals surface area (Å²) in [6.45, 7) is 0. The number of carbonyl (C=O) groups is 2. The molecule has 4 nitrogen and oxygen atoms in total. The normalized spacial score (nSPS) is 37.9. The topological polar surface area (TPSA) is 74.6 Å². The number of carboxylic acids is 2. The SMILES string of the molecule is O=C(O)C1CC(Br)C(Br)CC1C(=O)O. The molecule has 0 aliphatic heterocycles. The van der Waals surface area contributed by atoms with E-state index >= 15 is 0 Å². The van der Waals surface area contributed by atoms with Crippen LogP contribution < -0.4 is 0 Å². The number of hydrogen-bond donors (Lipinski definition) is 2. The Morgan fingerprint density at radius 1 is 0.929 bits per heavy atom. The third-order valence-corrected chi connectivity index (χ3v) is 5.20. The molecule has 0 heterocycles. The maximum Gasteiger partial charge on any atom is 0.307 e. The molecule has 0 radical (unpaired) electrons. The predicted molar refractivity (Wildman–Crippen MR) is 56.9 cm³/mol. The van der Waals surface area contributed by atoms with Gasteiger partial charge in [-0.1, -0.05) is 31.9 Å². The molecule has 0 aromatic heterocycles. The molecule has 1 aliphatic rings. The van der Waals surface area contributed by atoms with E-state index in [1.165, 1.54) is 0 Å². The predicted octanol–water partition coefficient (Wildman–Crippen LogP) is 1.71. The highest BCUT2D eigenvalue weighted by molar-refractivity contribution is 9.12. The second kappa shape index (κ2) is 4.61. The molecule has 2 N–H and O–H groups in total. The molecule has 1 saturated carbocycles. The van der Waals surface area contributed by atoms with E-state index in [0.29, 0.717) is 12.8 Å². The van der Waals surface area contributed by atoms with Gasteiger partial charge in [0.2, 0.25) is 0 Å². The summed E-state index contributed by atoms with van der Waals surface area (Å²) in [5, 5.41) is 17.7. The monoisotopic (exact) mass is 328 g/mol. The van der Waals surface area contributed by atoms with Gasteiger partial charge >= 0.3 is 11.9 Å². The maximum atomic E-state index is 10.8. The van der Waals surface area contributed by atoms with Crippen LogP contribution in [0.2, 0.25) is 0 Å². The van der Waals surface area contributed by atoms with Gasteiger partial charge in [-0.25, -0.2) is 0 Å². The Labute approximate surface area is 97.9 Å². The van der Waals surface area contributed by atoms with Crippen molar-refractivity contribution in [2.24, 2.45) is 11.8 Å². The lowest BCUT2D eigenvalue weighted by Crippen LogP contribution is -2.40. The van der Waals surface area contributed by atoms with E-state index in [9.17, 15) is 9.59 Å². The summed E-state index contributed by atoms with van der Waals surface area (Å²) in [5.74, 6) is -3.63. The van der Waals surface area contributed by atoms with E-state index in [-0.39, 0.29) is 9.65 Å². The lowest BCUT2D eigenvalue weighted by molar-refractivity contribution is -0.155. The molecule has 0 spiro atoms. The molecule has 14 heavy (non-hydrogen) atoms. The fourth-order valence-electron chi connectivity index (χ4n) is 1.65. The zero-order valence-corrected chi connectivity index (χ0v) is 10.4. The quantitative estimate of drug-likeness (QED) is 0.756. The van der Waals surface area contributed by atoms with E-state index in [2.05, 4.69) is 31.9 Å². The van der Waals surface area contributed by atoms with Crippen LogP contribution in [-0.2, 0) is 9.59 Å². The summed E-state index contributed by atoms with van der Waals surface area (Å²) in [6.07, 6.45) is 0.699. The summed E-state index contributed by atoms with van der Waals surface area (Å²) in [4.78, 5) is 21.7. The van der Waals surface area contributed by atoms with Gasteiger partial charge in [0, 0.05) is 9.65 Å². The summed E-state index contributed by atoms with van der Waals surface area (Å²) in [6, 6.07) is 0. The van der Waals surface area contributed by atoms with Crippen LogP contribution in [-0.4, -0.2) is 31.8 Å². The van der Waals surface area contributed by atoms with Crippen molar-refractivity contribution in [3.05, 3.63) is 0 Å². The largest absolute Gasteiger partial charge is 0.481 e. The molecule has 0 amide bonds. The molecule has 80 valence electrons. The average molecular weight is 330 g/mol. The Morgan fingerprint density at radius 2 is 1.21 bits per heavy atom. The van der Waals surface area contributed by atoms with Crippen molar-refractivity contribution in [3.8, 4) is 0 Å². The highest BCUT2D eigenvalue weighted by Gasteiger charge is 2.42. The first-order chi connectivity index (χ1) is 6.43. The minimum absolute atomic E-state index is 0.0270. The summed E-state index contributed by atoms with van der Waals surface area (Å²) in [7, 11) is 0. The molecule has 0 bridgehead atoms. The molecule has 0 aromatic carbocycles. The second-order valence-electron chi connectivity index (χ2n) is 3.39. The first-order valence-electron chi connectivity index (χ1n) is 4.17. The molecular weight excluding hydrogens is 320 g/mol. The van der Waals surface area contributed by atoms with E-state index in [1.54, 1.807) is 0 Å². The molecule has 0 aromatic rings. The average Bonchev–Trinajstić information content (AvgIpc) is 2.08. The van der Waals surface area contributed by atoms with E-state index in [1.807, 2.05) is 0 Å². The third-order valence-electron chi connectivity index (χ3n) is 2.47. The third kappa shape index (κ3) is 2.48. The maximum absolute atomic E-state index is 10.8. The highest BCUT2D eigenvalue weighted by atomic mass is 79.9. The van der Waals surface area contributed by atoms with Gasteiger partial charge in [0.15, 0.2) is 0 Å². The van der Waals surface area contributed by atoms with Crippen molar-refractivity contribution in [2.45, 2.75) is 22.5 Å². The number of carboxylic acid groups (broad SMARTS) is 2. The smallest absolute Gasteiger partial charge is 0.307 e. The van der Waals surface area contributed by atoms with Gasteiger partial charge in [0.05, 0.1) is 11.8 Å². The fraction of sp³-hybridized carbons (Fsp3) is 0.750. The molecule has 6 heteroatoms. The number of rotatable bonds is 2. The lowest BCUT2D eigenvalue weighted by Gasteiger charge is -2.32. The Kier molecular flexibility index (Phi) is 3.94. The fourth-order valence-corrected chi connectivity index (χ4v) is 2.89. The van der Waals surface area contributed by atoms with Gasteiger partial charge in [0.1, 0.15) is 0 Å². The lowest BCUT2D eigenvalue weighted by atomic mass is 9.79. The zero-order chi connectivity index (χ0) is 10.9. The standard InChI is InChI=1S/C8H10Br2O4/c9-5-1-3(7(11)12)4(8(13)14)2-6(5)10/h3-6H,1-2H2,(H,11,12)(H,13,14). The number of hydrogen-bond acceptors (Lipinski definition) is 2. The van der Waals surface area contributed by atoms with Crippen molar-refractivity contribution in [1.29, 1.82) is 0 Å². The number of halogens is 2. The molecule has 4 atom stereocenters. The second-order valence-corrected chi connectivity index (χ2v) is 5.75. The Balaban J connectivity index is 2.80. The van der Waals surface area contributed by atoms with Crippen LogP contribution in [0.25, 0.3) is 0 Å². The Bertz CT molecular complexity index is 230. The minimum atomic E-state index is -1.03. The number of aliphatic carboxylic acids is 2. The van der Waals surface area contributed by atoms with Gasteiger partial charge in [0.25, 0.3) is 0 Å². The first-order valence-corrected chi connectivity index (χ1v) is 6.00. The van der Waals surface area contributed by atoms with Gasteiger partial charge < -0.3 is 10.2 Å².